The molecule has 76 valence electrons. The Balaban J connectivity index is 3.00. The number of hydrogen-bond acceptors (Lipinski definition) is 6. The van der Waals surface area contributed by atoms with Gasteiger partial charge in [0.25, 0.3) is 5.91 Å². The van der Waals surface area contributed by atoms with Crippen molar-refractivity contribution in [1.82, 2.24) is 10.3 Å². The summed E-state index contributed by atoms with van der Waals surface area (Å²) in [7, 11) is 2.86. The fraction of sp³-hybridized carbons (Fsp3) is 0.286. The molecule has 1 aromatic rings. The molecule has 0 atom stereocenters. The first-order chi connectivity index (χ1) is 6.69. The monoisotopic (exact) mass is 214 g/mol. The maximum atomic E-state index is 11.3. The maximum Gasteiger partial charge on any atom is 0.275 e. The number of amides is 1. The van der Waals surface area contributed by atoms with Crippen molar-refractivity contribution < 1.29 is 9.63 Å². The predicted octanol–water partition coefficient (Wildman–Crippen LogP) is -0.178. The van der Waals surface area contributed by atoms with Gasteiger partial charge < -0.3 is 15.9 Å². The van der Waals surface area contributed by atoms with Crippen LogP contribution in [0.15, 0.2) is 10.5 Å². The van der Waals surface area contributed by atoms with Gasteiger partial charge in [0.15, 0.2) is 10.8 Å². The molecular formula is C7H10N4O2S. The standard InChI is InChI=1S/C7H10N4O2S/c1-9-6(12)5(11-13-2)4-3-14-7(8)10-4/h3H,1-2H3,(H2,8,10)(H,9,12)/b11-5-. The van der Waals surface area contributed by atoms with E-state index < -0.39 is 0 Å². The molecule has 0 aliphatic rings. The number of thiazole rings is 1. The quantitative estimate of drug-likeness (QED) is 0.539. The van der Waals surface area contributed by atoms with Gasteiger partial charge in [-0.25, -0.2) is 4.98 Å². The summed E-state index contributed by atoms with van der Waals surface area (Å²) < 4.78 is 0. The summed E-state index contributed by atoms with van der Waals surface area (Å²) >= 11 is 1.24. The molecular weight excluding hydrogens is 204 g/mol. The zero-order valence-electron chi connectivity index (χ0n) is 7.77. The van der Waals surface area contributed by atoms with Gasteiger partial charge in [-0.05, 0) is 0 Å². The van der Waals surface area contributed by atoms with Gasteiger partial charge in [0.05, 0.1) is 0 Å². The second-order valence-electron chi connectivity index (χ2n) is 2.27. The SMILES string of the molecule is CNC(=O)/C(=N\OC)c1csc(N)n1. The number of nitrogens with one attached hydrogen (secondary N) is 1. The smallest absolute Gasteiger partial charge is 0.275 e. The topological polar surface area (TPSA) is 89.6 Å². The van der Waals surface area contributed by atoms with Crippen LogP contribution >= 0.6 is 11.3 Å². The van der Waals surface area contributed by atoms with Gasteiger partial charge in [-0.2, -0.15) is 0 Å². The Hall–Kier alpha value is -1.63. The Morgan fingerprint density at radius 3 is 2.93 bits per heavy atom. The van der Waals surface area contributed by atoms with Gasteiger partial charge in [0, 0.05) is 12.4 Å². The molecule has 0 aromatic carbocycles. The lowest BCUT2D eigenvalue weighted by Gasteiger charge is -1.99. The number of oxime groups is 1. The molecule has 3 N–H and O–H groups in total. The number of nitrogens with two attached hydrogens (primary N) is 1. The van der Waals surface area contributed by atoms with Gasteiger partial charge in [-0.1, -0.05) is 5.16 Å². The lowest BCUT2D eigenvalue weighted by atomic mass is 10.3. The molecule has 1 heterocycles. The average molecular weight is 214 g/mol. The Kier molecular flexibility index (Phi) is 3.41. The molecule has 1 rings (SSSR count). The molecule has 0 aliphatic heterocycles. The first-order valence-corrected chi connectivity index (χ1v) is 4.61. The van der Waals surface area contributed by atoms with Crippen molar-refractivity contribution >= 4 is 28.1 Å². The lowest BCUT2D eigenvalue weighted by Crippen LogP contribution is -2.28. The number of hydrogen-bond donors (Lipinski definition) is 2. The van der Waals surface area contributed by atoms with Crippen LogP contribution in [0, 0.1) is 0 Å². The zero-order chi connectivity index (χ0) is 10.6. The van der Waals surface area contributed by atoms with Crippen LogP contribution in [0.5, 0.6) is 0 Å². The van der Waals surface area contributed by atoms with E-state index in [1.54, 1.807) is 5.38 Å². The van der Waals surface area contributed by atoms with Gasteiger partial charge in [-0.15, -0.1) is 11.3 Å². The first-order valence-electron chi connectivity index (χ1n) is 3.73. The fourth-order valence-electron chi connectivity index (χ4n) is 0.811. The average Bonchev–Trinajstić information content (AvgIpc) is 2.60. The van der Waals surface area contributed by atoms with E-state index in [-0.39, 0.29) is 11.6 Å². The van der Waals surface area contributed by atoms with Crippen LogP contribution in [0.1, 0.15) is 5.69 Å². The summed E-state index contributed by atoms with van der Waals surface area (Å²) in [6.45, 7) is 0. The Bertz CT molecular complexity index is 360. The summed E-state index contributed by atoms with van der Waals surface area (Å²) in [6.07, 6.45) is 0. The number of aromatic nitrogens is 1. The van der Waals surface area contributed by atoms with Gasteiger partial charge in [0.2, 0.25) is 0 Å². The van der Waals surface area contributed by atoms with Gasteiger partial charge in [-0.3, -0.25) is 4.79 Å². The number of carbonyl (C=O) groups excluding carboxylic acids is 1. The number of likely N-dealkylation sites (N-methyl/N-ethyl adjacent to an activating group) is 1. The normalized spacial score (nSPS) is 11.1. The molecule has 7 heteroatoms. The molecule has 1 aromatic heterocycles. The molecule has 1 amide bonds. The van der Waals surface area contributed by atoms with Crippen LogP contribution in [0.4, 0.5) is 5.13 Å². The molecule has 6 nitrogen and oxygen atoms in total. The van der Waals surface area contributed by atoms with Crippen molar-refractivity contribution in [2.45, 2.75) is 0 Å². The number of nitrogens with zero attached hydrogens (tertiary/aromatic N) is 2. The summed E-state index contributed by atoms with van der Waals surface area (Å²) in [4.78, 5) is 19.8. The van der Waals surface area contributed by atoms with Crippen molar-refractivity contribution in [3.05, 3.63) is 11.1 Å². The Morgan fingerprint density at radius 1 is 1.79 bits per heavy atom. The zero-order valence-corrected chi connectivity index (χ0v) is 8.59. The molecule has 0 spiro atoms. The van der Waals surface area contributed by atoms with Crippen LogP contribution < -0.4 is 11.1 Å². The highest BCUT2D eigenvalue weighted by Crippen LogP contribution is 2.12. The second kappa shape index (κ2) is 4.56. The van der Waals surface area contributed by atoms with Crippen molar-refractivity contribution in [1.29, 1.82) is 0 Å². The van der Waals surface area contributed by atoms with Crippen molar-refractivity contribution in [2.24, 2.45) is 5.16 Å². The second-order valence-corrected chi connectivity index (χ2v) is 3.16. The fourth-order valence-corrected chi connectivity index (χ4v) is 1.36. The van der Waals surface area contributed by atoms with E-state index in [0.29, 0.717) is 10.8 Å². The number of nitrogen functional groups attached to an aromatic ring is 1. The Labute approximate surface area is 84.8 Å². The molecule has 0 aliphatic carbocycles. The summed E-state index contributed by atoms with van der Waals surface area (Å²) in [6, 6.07) is 0. The summed E-state index contributed by atoms with van der Waals surface area (Å²) in [5, 5.41) is 8.03. The molecule has 14 heavy (non-hydrogen) atoms. The van der Waals surface area contributed by atoms with Crippen LogP contribution in [0.25, 0.3) is 0 Å². The van der Waals surface area contributed by atoms with Crippen molar-refractivity contribution in [2.75, 3.05) is 19.9 Å². The lowest BCUT2D eigenvalue weighted by molar-refractivity contribution is -0.114. The largest absolute Gasteiger partial charge is 0.398 e. The summed E-state index contributed by atoms with van der Waals surface area (Å²) in [5.74, 6) is -0.364. The van der Waals surface area contributed by atoms with E-state index in [4.69, 9.17) is 5.73 Å². The minimum atomic E-state index is -0.364. The third-order valence-corrected chi connectivity index (χ3v) is 2.06. The van der Waals surface area contributed by atoms with E-state index >= 15 is 0 Å². The Morgan fingerprint density at radius 2 is 2.50 bits per heavy atom. The predicted molar refractivity (Wildman–Crippen MR) is 54.1 cm³/mol. The van der Waals surface area contributed by atoms with Crippen LogP contribution in [0.3, 0.4) is 0 Å². The molecule has 0 saturated heterocycles. The van der Waals surface area contributed by atoms with E-state index in [0.717, 1.165) is 0 Å². The highest BCUT2D eigenvalue weighted by atomic mass is 32.1. The summed E-state index contributed by atoms with van der Waals surface area (Å²) in [5.41, 5.74) is 5.96. The number of rotatable bonds is 3. The van der Waals surface area contributed by atoms with E-state index in [1.165, 1.54) is 25.5 Å². The third kappa shape index (κ3) is 2.19. The van der Waals surface area contributed by atoms with Crippen LogP contribution in [-0.4, -0.2) is 30.8 Å². The molecule has 0 fully saturated rings. The number of anilines is 1. The van der Waals surface area contributed by atoms with Crippen LogP contribution in [-0.2, 0) is 9.63 Å². The number of carbonyl (C=O) groups is 1. The highest BCUT2D eigenvalue weighted by Gasteiger charge is 2.16. The third-order valence-electron chi connectivity index (χ3n) is 1.39. The van der Waals surface area contributed by atoms with Crippen molar-refractivity contribution in [3.8, 4) is 0 Å². The maximum absolute atomic E-state index is 11.3. The minimum absolute atomic E-state index is 0.114. The van der Waals surface area contributed by atoms with Gasteiger partial charge >= 0.3 is 0 Å². The van der Waals surface area contributed by atoms with Crippen LogP contribution in [0.2, 0.25) is 0 Å². The molecule has 0 saturated carbocycles. The van der Waals surface area contributed by atoms with E-state index in [2.05, 4.69) is 20.3 Å². The molecule has 0 radical (unpaired) electrons. The van der Waals surface area contributed by atoms with Gasteiger partial charge in [0.1, 0.15) is 12.8 Å². The molecule has 0 unspecified atom stereocenters. The van der Waals surface area contributed by atoms with E-state index in [1.807, 2.05) is 0 Å². The first kappa shape index (κ1) is 10.5. The van der Waals surface area contributed by atoms with E-state index in [9.17, 15) is 4.79 Å². The minimum Gasteiger partial charge on any atom is -0.398 e. The van der Waals surface area contributed by atoms with Crippen molar-refractivity contribution in [3.63, 3.8) is 0 Å². The molecule has 0 bridgehead atoms. The highest BCUT2D eigenvalue weighted by molar-refractivity contribution is 7.13.